The lowest BCUT2D eigenvalue weighted by Crippen LogP contribution is -2.44. The highest BCUT2D eigenvalue weighted by Crippen LogP contribution is 2.40. The average molecular weight is 487 g/mol. The van der Waals surface area contributed by atoms with Gasteiger partial charge in [0.05, 0.1) is 25.2 Å². The van der Waals surface area contributed by atoms with Crippen LogP contribution in [0.5, 0.6) is 11.5 Å². The summed E-state index contributed by atoms with van der Waals surface area (Å²) in [6, 6.07) is 11.1. The number of hydrogen-bond acceptors (Lipinski definition) is 5. The summed E-state index contributed by atoms with van der Waals surface area (Å²) >= 11 is 0. The first-order valence-electron chi connectivity index (χ1n) is 11.9. The number of rotatable bonds is 6. The molecule has 0 unspecified atom stereocenters. The molecule has 2 fully saturated rings. The lowest BCUT2D eigenvalue weighted by Gasteiger charge is -2.35. The first kappa shape index (κ1) is 24.5. The van der Waals surface area contributed by atoms with E-state index in [1.807, 2.05) is 49.1 Å². The molecule has 0 saturated carbocycles. The van der Waals surface area contributed by atoms with Gasteiger partial charge in [-0.2, -0.15) is 4.31 Å². The van der Waals surface area contributed by atoms with Crippen LogP contribution in [0.2, 0.25) is 0 Å². The Balaban J connectivity index is 1.46. The molecular formula is C26H34N2O5S. The molecule has 184 valence electrons. The average Bonchev–Trinajstić information content (AvgIpc) is 3.32. The molecule has 1 atom stereocenters. The molecule has 4 rings (SSSR count). The molecular weight excluding hydrogens is 452 g/mol. The normalized spacial score (nSPS) is 19.9. The summed E-state index contributed by atoms with van der Waals surface area (Å²) in [7, 11) is -0.319. The third-order valence-corrected chi connectivity index (χ3v) is 9.15. The quantitative estimate of drug-likeness (QED) is 0.615. The van der Waals surface area contributed by atoms with Crippen molar-refractivity contribution in [3.8, 4) is 11.5 Å². The number of nitrogens with zero attached hydrogens (tertiary/aromatic N) is 2. The Morgan fingerprint density at radius 2 is 1.68 bits per heavy atom. The number of carbonyl (C=O) groups is 1. The van der Waals surface area contributed by atoms with Crippen molar-refractivity contribution >= 4 is 15.9 Å². The summed E-state index contributed by atoms with van der Waals surface area (Å²) in [6.07, 6.45) is 2.89. The van der Waals surface area contributed by atoms with Gasteiger partial charge in [0.15, 0.2) is 0 Å². The van der Waals surface area contributed by atoms with E-state index in [1.165, 1.54) is 4.31 Å². The maximum atomic E-state index is 13.5. The van der Waals surface area contributed by atoms with E-state index in [2.05, 4.69) is 0 Å². The third kappa shape index (κ3) is 4.66. The Morgan fingerprint density at radius 3 is 2.32 bits per heavy atom. The summed E-state index contributed by atoms with van der Waals surface area (Å²) < 4.78 is 38.9. The van der Waals surface area contributed by atoms with Crippen molar-refractivity contribution in [2.24, 2.45) is 5.92 Å². The molecule has 0 aliphatic carbocycles. The molecule has 0 radical (unpaired) electrons. The first-order chi connectivity index (χ1) is 16.3. The number of amides is 1. The molecule has 7 nitrogen and oxygen atoms in total. The van der Waals surface area contributed by atoms with Crippen molar-refractivity contribution < 1.29 is 22.7 Å². The second-order valence-corrected chi connectivity index (χ2v) is 11.2. The first-order valence-corrected chi connectivity index (χ1v) is 13.3. The highest BCUT2D eigenvalue weighted by atomic mass is 32.2. The molecule has 34 heavy (non-hydrogen) atoms. The van der Waals surface area contributed by atoms with Crippen molar-refractivity contribution in [3.63, 3.8) is 0 Å². The Morgan fingerprint density at radius 1 is 0.941 bits per heavy atom. The van der Waals surface area contributed by atoms with E-state index < -0.39 is 10.0 Å². The van der Waals surface area contributed by atoms with Gasteiger partial charge in [0.2, 0.25) is 15.9 Å². The molecule has 2 aromatic rings. The van der Waals surface area contributed by atoms with Crippen LogP contribution in [0.3, 0.4) is 0 Å². The van der Waals surface area contributed by atoms with Crippen molar-refractivity contribution in [2.45, 2.75) is 50.5 Å². The molecule has 2 saturated heterocycles. The standard InChI is InChI=1S/C26H34N2O5S/c1-18-7-10-25(19(2)16-18)34(30,31)27-14-11-20(12-15-27)26(29)28-13-5-6-23(28)22-9-8-21(32-3)17-24(22)33-4/h7-10,16-17,20,23H,5-6,11-15H2,1-4H3/t23-/m0/s1. The van der Waals surface area contributed by atoms with Crippen molar-refractivity contribution in [1.29, 1.82) is 0 Å². The fraction of sp³-hybridized carbons (Fsp3) is 0.500. The zero-order valence-electron chi connectivity index (χ0n) is 20.4. The van der Waals surface area contributed by atoms with Gasteiger partial charge in [-0.05, 0) is 63.3 Å². The van der Waals surface area contributed by atoms with E-state index in [0.717, 1.165) is 35.3 Å². The third-order valence-electron chi connectivity index (χ3n) is 7.09. The number of carbonyl (C=O) groups excluding carboxylic acids is 1. The molecule has 1 amide bonds. The number of hydrogen-bond donors (Lipinski definition) is 0. The lowest BCUT2D eigenvalue weighted by molar-refractivity contribution is -0.137. The Labute approximate surface area is 202 Å². The van der Waals surface area contributed by atoms with E-state index >= 15 is 0 Å². The van der Waals surface area contributed by atoms with E-state index in [-0.39, 0.29) is 17.9 Å². The molecule has 0 spiro atoms. The number of benzene rings is 2. The Bertz CT molecular complexity index is 1160. The van der Waals surface area contributed by atoms with Gasteiger partial charge in [0, 0.05) is 37.2 Å². The van der Waals surface area contributed by atoms with Crippen LogP contribution in [0.1, 0.15) is 48.4 Å². The molecule has 2 aliphatic rings. The van der Waals surface area contributed by atoms with E-state index in [9.17, 15) is 13.2 Å². The SMILES string of the molecule is COc1ccc([C@@H]2CCCN2C(=O)C2CCN(S(=O)(=O)c3ccc(C)cc3C)CC2)c(OC)c1. The minimum atomic E-state index is -3.57. The van der Waals surface area contributed by atoms with Crippen LogP contribution in [0.25, 0.3) is 0 Å². The number of piperidine rings is 1. The van der Waals surface area contributed by atoms with Gasteiger partial charge in [-0.15, -0.1) is 0 Å². The van der Waals surface area contributed by atoms with Crippen LogP contribution in [0.15, 0.2) is 41.3 Å². The molecule has 2 heterocycles. The maximum Gasteiger partial charge on any atom is 0.243 e. The second kappa shape index (κ2) is 9.96. The molecule has 8 heteroatoms. The smallest absolute Gasteiger partial charge is 0.243 e. The minimum Gasteiger partial charge on any atom is -0.497 e. The van der Waals surface area contributed by atoms with Gasteiger partial charge in [0.1, 0.15) is 11.5 Å². The predicted molar refractivity (Wildman–Crippen MR) is 131 cm³/mol. The number of methoxy groups -OCH3 is 2. The van der Waals surface area contributed by atoms with Crippen LogP contribution >= 0.6 is 0 Å². The lowest BCUT2D eigenvalue weighted by atomic mass is 9.95. The molecule has 2 aromatic carbocycles. The van der Waals surface area contributed by atoms with Crippen molar-refractivity contribution in [1.82, 2.24) is 9.21 Å². The highest BCUT2D eigenvalue weighted by Gasteiger charge is 2.38. The fourth-order valence-corrected chi connectivity index (χ4v) is 6.93. The zero-order valence-corrected chi connectivity index (χ0v) is 21.2. The highest BCUT2D eigenvalue weighted by molar-refractivity contribution is 7.89. The van der Waals surface area contributed by atoms with E-state index in [0.29, 0.717) is 43.1 Å². The number of likely N-dealkylation sites (tertiary alicyclic amines) is 1. The number of sulfonamides is 1. The van der Waals surface area contributed by atoms with E-state index in [4.69, 9.17) is 9.47 Å². The monoisotopic (exact) mass is 486 g/mol. The summed E-state index contributed by atoms with van der Waals surface area (Å²) in [5.74, 6) is 1.38. The van der Waals surface area contributed by atoms with Gasteiger partial charge >= 0.3 is 0 Å². The summed E-state index contributed by atoms with van der Waals surface area (Å²) in [6.45, 7) is 5.21. The van der Waals surface area contributed by atoms with Crippen LogP contribution in [-0.2, 0) is 14.8 Å². The second-order valence-electron chi connectivity index (χ2n) is 9.24. The summed E-state index contributed by atoms with van der Waals surface area (Å²) in [5.41, 5.74) is 2.78. The number of ether oxygens (including phenoxy) is 2. The maximum absolute atomic E-state index is 13.5. The fourth-order valence-electron chi connectivity index (χ4n) is 5.25. The van der Waals surface area contributed by atoms with Crippen molar-refractivity contribution in [2.75, 3.05) is 33.9 Å². The van der Waals surface area contributed by atoms with Gasteiger partial charge in [-0.3, -0.25) is 4.79 Å². The van der Waals surface area contributed by atoms with Gasteiger partial charge in [-0.25, -0.2) is 8.42 Å². The van der Waals surface area contributed by atoms with Crippen LogP contribution in [0.4, 0.5) is 0 Å². The molecule has 0 bridgehead atoms. The molecule has 2 aliphatic heterocycles. The number of aryl methyl sites for hydroxylation is 2. The zero-order chi connectivity index (χ0) is 24.5. The Kier molecular flexibility index (Phi) is 7.19. The van der Waals surface area contributed by atoms with Gasteiger partial charge in [-0.1, -0.05) is 17.7 Å². The topological polar surface area (TPSA) is 76.2 Å². The predicted octanol–water partition coefficient (Wildman–Crippen LogP) is 4.09. The largest absolute Gasteiger partial charge is 0.497 e. The van der Waals surface area contributed by atoms with Gasteiger partial charge < -0.3 is 14.4 Å². The molecule has 0 N–H and O–H groups in total. The van der Waals surface area contributed by atoms with Crippen LogP contribution < -0.4 is 9.47 Å². The minimum absolute atomic E-state index is 0.0367. The van der Waals surface area contributed by atoms with Gasteiger partial charge in [0.25, 0.3) is 0 Å². The van der Waals surface area contributed by atoms with Crippen LogP contribution in [0, 0.1) is 19.8 Å². The molecule has 0 aromatic heterocycles. The summed E-state index contributed by atoms with van der Waals surface area (Å²) in [5, 5.41) is 0. The Hall–Kier alpha value is -2.58. The van der Waals surface area contributed by atoms with Crippen molar-refractivity contribution in [3.05, 3.63) is 53.1 Å². The van der Waals surface area contributed by atoms with E-state index in [1.54, 1.807) is 20.3 Å². The summed E-state index contributed by atoms with van der Waals surface area (Å²) in [4.78, 5) is 15.8. The van der Waals surface area contributed by atoms with Crippen LogP contribution in [-0.4, -0.2) is 57.4 Å².